The van der Waals surface area contributed by atoms with Crippen LogP contribution in [0.3, 0.4) is 0 Å². The molecule has 33 heavy (non-hydrogen) atoms. The minimum atomic E-state index is -0.219. The number of nitrogens with one attached hydrogen (secondary N) is 1. The van der Waals surface area contributed by atoms with Crippen LogP contribution in [-0.4, -0.2) is 22.5 Å². The Balaban J connectivity index is 1.40. The molecule has 1 atom stereocenters. The first kappa shape index (κ1) is 21.2. The van der Waals surface area contributed by atoms with Gasteiger partial charge in [-0.1, -0.05) is 29.8 Å². The van der Waals surface area contributed by atoms with E-state index in [2.05, 4.69) is 11.4 Å². The number of rotatable bonds is 3. The molecule has 0 saturated carbocycles. The quantitative estimate of drug-likeness (QED) is 0.374. The third kappa shape index (κ3) is 4.09. The summed E-state index contributed by atoms with van der Waals surface area (Å²) in [6.07, 6.45) is 1.70. The first-order valence-corrected chi connectivity index (χ1v) is 11.2. The number of aromatic nitrogens is 1. The maximum absolute atomic E-state index is 13.7. The second-order valence-corrected chi connectivity index (χ2v) is 8.80. The number of anilines is 1. The van der Waals surface area contributed by atoms with Crippen molar-refractivity contribution in [1.29, 1.82) is 0 Å². The van der Waals surface area contributed by atoms with E-state index in [0.29, 0.717) is 23.6 Å². The third-order valence-electron chi connectivity index (χ3n) is 6.32. The SMILES string of the molecule is Cc1ccc(NC(=O)N2CCCC2c2nc3cc(-c4ccc(F)c(C)c4)ccc3o2)c(C)c1. The van der Waals surface area contributed by atoms with Crippen molar-refractivity contribution in [3.63, 3.8) is 0 Å². The molecule has 4 aromatic rings. The van der Waals surface area contributed by atoms with E-state index in [1.165, 1.54) is 6.07 Å². The van der Waals surface area contributed by atoms with Gasteiger partial charge in [0, 0.05) is 12.2 Å². The Hall–Kier alpha value is -3.67. The summed E-state index contributed by atoms with van der Waals surface area (Å²) in [4.78, 5) is 19.6. The first-order chi connectivity index (χ1) is 15.9. The van der Waals surface area contributed by atoms with Crippen molar-refractivity contribution in [3.05, 3.63) is 83.0 Å². The van der Waals surface area contributed by atoms with Crippen LogP contribution in [-0.2, 0) is 0 Å². The van der Waals surface area contributed by atoms with E-state index in [0.717, 1.165) is 46.3 Å². The molecular formula is C27H26FN3O2. The van der Waals surface area contributed by atoms with Crippen LogP contribution in [0, 0.1) is 26.6 Å². The van der Waals surface area contributed by atoms with Crippen molar-refractivity contribution in [2.24, 2.45) is 0 Å². The smallest absolute Gasteiger partial charge is 0.322 e. The van der Waals surface area contributed by atoms with Gasteiger partial charge in [0.05, 0.1) is 0 Å². The van der Waals surface area contributed by atoms with Crippen molar-refractivity contribution in [2.75, 3.05) is 11.9 Å². The molecule has 1 saturated heterocycles. The number of hydrogen-bond donors (Lipinski definition) is 1. The Morgan fingerprint density at radius 1 is 1.03 bits per heavy atom. The summed E-state index contributed by atoms with van der Waals surface area (Å²) in [5.74, 6) is 0.328. The van der Waals surface area contributed by atoms with Crippen molar-refractivity contribution in [2.45, 2.75) is 39.7 Å². The number of nitrogens with zero attached hydrogens (tertiary/aromatic N) is 2. The highest BCUT2D eigenvalue weighted by Crippen LogP contribution is 2.35. The topological polar surface area (TPSA) is 58.4 Å². The predicted octanol–water partition coefficient (Wildman–Crippen LogP) is 6.93. The van der Waals surface area contributed by atoms with Crippen LogP contribution in [0.2, 0.25) is 0 Å². The lowest BCUT2D eigenvalue weighted by atomic mass is 10.0. The molecule has 1 fully saturated rings. The molecule has 1 unspecified atom stereocenters. The number of likely N-dealkylation sites (tertiary alicyclic amines) is 1. The fraction of sp³-hybridized carbons (Fsp3) is 0.259. The summed E-state index contributed by atoms with van der Waals surface area (Å²) in [5, 5.41) is 3.04. The molecule has 0 aliphatic carbocycles. The number of urea groups is 1. The van der Waals surface area contributed by atoms with Gasteiger partial charge >= 0.3 is 6.03 Å². The van der Waals surface area contributed by atoms with Gasteiger partial charge in [0.1, 0.15) is 17.4 Å². The molecule has 5 rings (SSSR count). The lowest BCUT2D eigenvalue weighted by Crippen LogP contribution is -2.34. The Labute approximate surface area is 192 Å². The molecule has 3 aromatic carbocycles. The van der Waals surface area contributed by atoms with E-state index in [-0.39, 0.29) is 17.9 Å². The highest BCUT2D eigenvalue weighted by Gasteiger charge is 2.34. The summed E-state index contributed by atoms with van der Waals surface area (Å²) in [7, 11) is 0. The number of benzene rings is 3. The third-order valence-corrected chi connectivity index (χ3v) is 6.32. The highest BCUT2D eigenvalue weighted by atomic mass is 19.1. The number of amides is 2. The second-order valence-electron chi connectivity index (χ2n) is 8.80. The van der Waals surface area contributed by atoms with E-state index < -0.39 is 0 Å². The lowest BCUT2D eigenvalue weighted by Gasteiger charge is -2.23. The predicted molar refractivity (Wildman–Crippen MR) is 128 cm³/mol. The van der Waals surface area contributed by atoms with E-state index >= 15 is 0 Å². The number of fused-ring (bicyclic) bond motifs is 1. The fourth-order valence-corrected chi connectivity index (χ4v) is 4.50. The summed E-state index contributed by atoms with van der Waals surface area (Å²) < 4.78 is 19.7. The summed E-state index contributed by atoms with van der Waals surface area (Å²) in [5.41, 5.74) is 6.88. The molecule has 0 radical (unpaired) electrons. The first-order valence-electron chi connectivity index (χ1n) is 11.2. The number of halogens is 1. The molecule has 1 aliphatic heterocycles. The van der Waals surface area contributed by atoms with Crippen LogP contribution in [0.4, 0.5) is 14.9 Å². The number of hydrogen-bond acceptors (Lipinski definition) is 3. The van der Waals surface area contributed by atoms with Crippen molar-refractivity contribution < 1.29 is 13.6 Å². The number of aryl methyl sites for hydroxylation is 3. The zero-order chi connectivity index (χ0) is 23.1. The van der Waals surface area contributed by atoms with Gasteiger partial charge in [0.2, 0.25) is 5.89 Å². The molecule has 5 nitrogen and oxygen atoms in total. The Morgan fingerprint density at radius 3 is 2.61 bits per heavy atom. The van der Waals surface area contributed by atoms with Gasteiger partial charge in [-0.2, -0.15) is 0 Å². The van der Waals surface area contributed by atoms with Gasteiger partial charge in [-0.25, -0.2) is 14.2 Å². The molecule has 168 valence electrons. The Morgan fingerprint density at radius 2 is 1.82 bits per heavy atom. The summed E-state index contributed by atoms with van der Waals surface area (Å²) in [6, 6.07) is 16.5. The molecule has 1 aliphatic rings. The van der Waals surface area contributed by atoms with E-state index in [9.17, 15) is 9.18 Å². The molecule has 0 spiro atoms. The molecule has 6 heteroatoms. The van der Waals surface area contributed by atoms with Gasteiger partial charge in [0.25, 0.3) is 0 Å². The maximum atomic E-state index is 13.7. The fourth-order valence-electron chi connectivity index (χ4n) is 4.50. The lowest BCUT2D eigenvalue weighted by molar-refractivity contribution is 0.199. The molecule has 2 heterocycles. The molecule has 1 aromatic heterocycles. The zero-order valence-electron chi connectivity index (χ0n) is 19.0. The molecule has 0 bridgehead atoms. The molecule has 2 amide bonds. The van der Waals surface area contributed by atoms with Gasteiger partial charge in [-0.15, -0.1) is 0 Å². The van der Waals surface area contributed by atoms with Crippen LogP contribution >= 0.6 is 0 Å². The molecular weight excluding hydrogens is 417 g/mol. The van der Waals surface area contributed by atoms with E-state index in [1.54, 1.807) is 17.9 Å². The highest BCUT2D eigenvalue weighted by molar-refractivity contribution is 5.90. The van der Waals surface area contributed by atoms with Crippen LogP contribution in [0.5, 0.6) is 0 Å². The minimum Gasteiger partial charge on any atom is -0.438 e. The van der Waals surface area contributed by atoms with Crippen LogP contribution < -0.4 is 5.32 Å². The summed E-state index contributed by atoms with van der Waals surface area (Å²) in [6.45, 7) is 6.43. The van der Waals surface area contributed by atoms with Crippen LogP contribution in [0.25, 0.3) is 22.2 Å². The van der Waals surface area contributed by atoms with Crippen molar-refractivity contribution in [1.82, 2.24) is 9.88 Å². The Kier molecular flexibility index (Phi) is 5.36. The van der Waals surface area contributed by atoms with Gasteiger partial charge in [0.15, 0.2) is 5.58 Å². The van der Waals surface area contributed by atoms with Gasteiger partial charge < -0.3 is 14.6 Å². The Bertz CT molecular complexity index is 1360. The van der Waals surface area contributed by atoms with Gasteiger partial charge in [-0.05, 0) is 86.2 Å². The minimum absolute atomic E-state index is 0.144. The monoisotopic (exact) mass is 443 g/mol. The van der Waals surface area contributed by atoms with Crippen molar-refractivity contribution >= 4 is 22.8 Å². The standard InChI is InChI=1S/C27H26FN3O2/c1-16-6-10-22(18(3)13-16)30-27(32)31-12-4-5-24(31)26-29-23-15-20(8-11-25(23)33-26)19-7-9-21(28)17(2)14-19/h6-11,13-15,24H,4-5,12H2,1-3H3,(H,30,32). The van der Waals surface area contributed by atoms with Gasteiger partial charge in [-0.3, -0.25) is 0 Å². The van der Waals surface area contributed by atoms with Crippen LogP contribution in [0.1, 0.15) is 41.5 Å². The molecule has 1 N–H and O–H groups in total. The zero-order valence-corrected chi connectivity index (χ0v) is 19.0. The second kappa shape index (κ2) is 8.35. The van der Waals surface area contributed by atoms with Crippen LogP contribution in [0.15, 0.2) is 59.0 Å². The maximum Gasteiger partial charge on any atom is 0.322 e. The average Bonchev–Trinajstić information content (AvgIpc) is 3.44. The van der Waals surface area contributed by atoms with Crippen molar-refractivity contribution in [3.8, 4) is 11.1 Å². The largest absolute Gasteiger partial charge is 0.438 e. The normalized spacial score (nSPS) is 15.9. The average molecular weight is 444 g/mol. The number of oxazole rings is 1. The number of carbonyl (C=O) groups excluding carboxylic acids is 1. The summed E-state index contributed by atoms with van der Waals surface area (Å²) >= 11 is 0. The number of carbonyl (C=O) groups is 1. The van der Waals surface area contributed by atoms with E-state index in [4.69, 9.17) is 9.40 Å². The van der Waals surface area contributed by atoms with E-state index in [1.807, 2.05) is 50.2 Å².